The normalized spacial score (nSPS) is 10.2. The Morgan fingerprint density at radius 1 is 1.33 bits per heavy atom. The maximum Gasteiger partial charge on any atom is 0.232 e. The van der Waals surface area contributed by atoms with Gasteiger partial charge in [-0.2, -0.15) is 4.98 Å². The maximum absolute atomic E-state index is 5.10. The first kappa shape index (κ1) is 12.8. The summed E-state index contributed by atoms with van der Waals surface area (Å²) in [6, 6.07) is 5.89. The van der Waals surface area contributed by atoms with Crippen LogP contribution in [0.25, 0.3) is 0 Å². The molecule has 2 aromatic heterocycles. The Bertz CT molecular complexity index is 547. The molecular weight excluding hydrogens is 296 g/mol. The van der Waals surface area contributed by atoms with Crippen LogP contribution < -0.4 is 10.1 Å². The van der Waals surface area contributed by atoms with E-state index in [-0.39, 0.29) is 0 Å². The molecule has 2 rings (SSSR count). The van der Waals surface area contributed by atoms with Crippen LogP contribution in [0, 0.1) is 6.92 Å². The van der Waals surface area contributed by atoms with Gasteiger partial charge in [0, 0.05) is 5.69 Å². The third-order valence-corrected chi connectivity index (χ3v) is 2.82. The zero-order chi connectivity index (χ0) is 13.0. The van der Waals surface area contributed by atoms with Crippen molar-refractivity contribution in [2.75, 3.05) is 12.4 Å². The van der Waals surface area contributed by atoms with Crippen LogP contribution in [0.2, 0.25) is 0 Å². The predicted molar refractivity (Wildman–Crippen MR) is 72.6 cm³/mol. The largest absolute Gasteiger partial charge is 0.480 e. The van der Waals surface area contributed by atoms with Crippen molar-refractivity contribution < 1.29 is 4.74 Å². The molecule has 0 aromatic carbocycles. The molecule has 0 aliphatic rings. The summed E-state index contributed by atoms with van der Waals surface area (Å²) >= 11 is 3.31. The first-order valence-electron chi connectivity index (χ1n) is 5.42. The summed E-state index contributed by atoms with van der Waals surface area (Å²) in [5.74, 6) is 1.02. The van der Waals surface area contributed by atoms with Crippen molar-refractivity contribution in [3.63, 3.8) is 0 Å². The minimum absolute atomic E-state index is 0.504. The molecule has 0 aliphatic heterocycles. The highest BCUT2D eigenvalue weighted by Gasteiger charge is 2.04. The summed E-state index contributed by atoms with van der Waals surface area (Å²) < 4.78 is 5.83. The lowest BCUT2D eigenvalue weighted by atomic mass is 10.3. The quantitative estimate of drug-likeness (QED) is 0.940. The molecule has 0 atom stereocenters. The molecule has 6 heteroatoms. The number of rotatable bonds is 4. The molecule has 94 valence electrons. The number of ether oxygens (including phenoxy) is 1. The molecule has 0 radical (unpaired) electrons. The number of hydrogen-bond acceptors (Lipinski definition) is 5. The van der Waals surface area contributed by atoms with E-state index in [0.29, 0.717) is 18.4 Å². The van der Waals surface area contributed by atoms with E-state index in [1.54, 1.807) is 13.3 Å². The average Bonchev–Trinajstić information content (AvgIpc) is 2.38. The number of aromatic nitrogens is 3. The molecule has 1 N–H and O–H groups in total. The lowest BCUT2D eigenvalue weighted by Gasteiger charge is -2.07. The monoisotopic (exact) mass is 308 g/mol. The minimum Gasteiger partial charge on any atom is -0.480 e. The second kappa shape index (κ2) is 5.77. The molecule has 2 heterocycles. The van der Waals surface area contributed by atoms with Crippen LogP contribution >= 0.6 is 15.9 Å². The Kier molecular flexibility index (Phi) is 4.09. The van der Waals surface area contributed by atoms with Gasteiger partial charge >= 0.3 is 0 Å². The zero-order valence-corrected chi connectivity index (χ0v) is 11.7. The van der Waals surface area contributed by atoms with Crippen LogP contribution in [-0.4, -0.2) is 22.1 Å². The number of hydrogen-bond donors (Lipinski definition) is 1. The van der Waals surface area contributed by atoms with Crippen LogP contribution in [0.4, 0.5) is 5.95 Å². The van der Waals surface area contributed by atoms with Gasteiger partial charge in [-0.1, -0.05) is 6.07 Å². The van der Waals surface area contributed by atoms with Crippen LogP contribution in [0.1, 0.15) is 11.4 Å². The SMILES string of the molecule is COc1nc(NCc2cccc(C)n2)ncc1Br. The highest BCUT2D eigenvalue weighted by Crippen LogP contribution is 2.21. The van der Waals surface area contributed by atoms with Gasteiger partial charge in [-0.3, -0.25) is 4.98 Å². The fraction of sp³-hybridized carbons (Fsp3) is 0.250. The van der Waals surface area contributed by atoms with Crippen molar-refractivity contribution in [2.24, 2.45) is 0 Å². The van der Waals surface area contributed by atoms with Crippen LogP contribution in [0.3, 0.4) is 0 Å². The Morgan fingerprint density at radius 2 is 2.17 bits per heavy atom. The Balaban J connectivity index is 2.06. The number of methoxy groups -OCH3 is 1. The highest BCUT2D eigenvalue weighted by atomic mass is 79.9. The van der Waals surface area contributed by atoms with Crippen molar-refractivity contribution in [1.29, 1.82) is 0 Å². The lowest BCUT2D eigenvalue weighted by molar-refractivity contribution is 0.394. The van der Waals surface area contributed by atoms with Crippen molar-refractivity contribution >= 4 is 21.9 Å². The zero-order valence-electron chi connectivity index (χ0n) is 10.1. The topological polar surface area (TPSA) is 59.9 Å². The highest BCUT2D eigenvalue weighted by molar-refractivity contribution is 9.10. The molecule has 18 heavy (non-hydrogen) atoms. The van der Waals surface area contributed by atoms with Crippen molar-refractivity contribution in [1.82, 2.24) is 15.0 Å². The van der Waals surface area contributed by atoms with E-state index in [4.69, 9.17) is 4.74 Å². The molecule has 0 bridgehead atoms. The van der Waals surface area contributed by atoms with Gasteiger partial charge in [-0.15, -0.1) is 0 Å². The number of anilines is 1. The lowest BCUT2D eigenvalue weighted by Crippen LogP contribution is -2.06. The van der Waals surface area contributed by atoms with Crippen LogP contribution in [0.5, 0.6) is 5.88 Å². The van der Waals surface area contributed by atoms with Gasteiger partial charge in [0.05, 0.1) is 30.0 Å². The van der Waals surface area contributed by atoms with Crippen molar-refractivity contribution in [2.45, 2.75) is 13.5 Å². The molecular formula is C12H13BrN4O. The van der Waals surface area contributed by atoms with E-state index < -0.39 is 0 Å². The average molecular weight is 309 g/mol. The predicted octanol–water partition coefficient (Wildman–Crippen LogP) is 2.56. The van der Waals surface area contributed by atoms with E-state index >= 15 is 0 Å². The summed E-state index contributed by atoms with van der Waals surface area (Å²) in [6.45, 7) is 2.54. The van der Waals surface area contributed by atoms with E-state index in [9.17, 15) is 0 Å². The van der Waals surface area contributed by atoms with Gasteiger partial charge < -0.3 is 10.1 Å². The first-order chi connectivity index (χ1) is 8.69. The standard InChI is InChI=1S/C12H13BrN4O/c1-8-4-3-5-9(16-8)6-14-12-15-7-10(13)11(17-12)18-2/h3-5,7H,6H2,1-2H3,(H,14,15,17). The number of nitrogens with zero attached hydrogens (tertiary/aromatic N) is 3. The van der Waals surface area contributed by atoms with Gasteiger partial charge in [-0.25, -0.2) is 4.98 Å². The second-order valence-corrected chi connectivity index (χ2v) is 4.53. The van der Waals surface area contributed by atoms with Gasteiger partial charge in [0.2, 0.25) is 11.8 Å². The van der Waals surface area contributed by atoms with Gasteiger partial charge in [0.15, 0.2) is 0 Å². The summed E-state index contributed by atoms with van der Waals surface area (Å²) in [7, 11) is 1.57. The number of nitrogens with one attached hydrogen (secondary N) is 1. The summed E-state index contributed by atoms with van der Waals surface area (Å²) in [6.07, 6.45) is 1.65. The molecule has 0 fully saturated rings. The minimum atomic E-state index is 0.504. The Hall–Kier alpha value is -1.69. The summed E-state index contributed by atoms with van der Waals surface area (Å²) in [5, 5.41) is 3.10. The van der Waals surface area contributed by atoms with E-state index in [1.165, 1.54) is 0 Å². The molecule has 0 saturated heterocycles. The van der Waals surface area contributed by atoms with Crippen LogP contribution in [-0.2, 0) is 6.54 Å². The molecule has 0 aliphatic carbocycles. The smallest absolute Gasteiger partial charge is 0.232 e. The number of pyridine rings is 1. The molecule has 0 amide bonds. The summed E-state index contributed by atoms with van der Waals surface area (Å²) in [4.78, 5) is 12.7. The third kappa shape index (κ3) is 3.16. The Morgan fingerprint density at radius 3 is 2.89 bits per heavy atom. The van der Waals surface area contributed by atoms with E-state index in [0.717, 1.165) is 15.9 Å². The second-order valence-electron chi connectivity index (χ2n) is 3.67. The first-order valence-corrected chi connectivity index (χ1v) is 6.21. The molecule has 2 aromatic rings. The maximum atomic E-state index is 5.10. The van der Waals surface area contributed by atoms with Gasteiger partial charge in [0.25, 0.3) is 0 Å². The number of aryl methyl sites for hydroxylation is 1. The Labute approximate surface area is 114 Å². The fourth-order valence-electron chi connectivity index (χ4n) is 1.45. The van der Waals surface area contributed by atoms with Crippen LogP contribution in [0.15, 0.2) is 28.9 Å². The molecule has 5 nitrogen and oxygen atoms in total. The van der Waals surface area contributed by atoms with Gasteiger partial charge in [0.1, 0.15) is 0 Å². The van der Waals surface area contributed by atoms with Crippen molar-refractivity contribution in [3.05, 3.63) is 40.3 Å². The fourth-order valence-corrected chi connectivity index (χ4v) is 1.80. The van der Waals surface area contributed by atoms with Crippen molar-refractivity contribution in [3.8, 4) is 5.88 Å². The molecule has 0 spiro atoms. The number of halogens is 1. The summed E-state index contributed by atoms with van der Waals surface area (Å²) in [5.41, 5.74) is 1.93. The molecule has 0 unspecified atom stereocenters. The van der Waals surface area contributed by atoms with E-state index in [2.05, 4.69) is 36.2 Å². The van der Waals surface area contributed by atoms with Gasteiger partial charge in [-0.05, 0) is 35.0 Å². The third-order valence-electron chi connectivity index (χ3n) is 2.28. The van der Waals surface area contributed by atoms with E-state index in [1.807, 2.05) is 25.1 Å². The molecule has 0 saturated carbocycles.